The second kappa shape index (κ2) is 6.24. The molecule has 2 aromatic carbocycles. The Balaban J connectivity index is 1.77. The first-order chi connectivity index (χ1) is 11.7. The number of anilines is 1. The second-order valence-corrected chi connectivity index (χ2v) is 6.30. The number of hydrogen-bond donors (Lipinski definition) is 1. The summed E-state index contributed by atoms with van der Waals surface area (Å²) in [6, 6.07) is 14.8. The fourth-order valence-electron chi connectivity index (χ4n) is 3.32. The van der Waals surface area contributed by atoms with Gasteiger partial charge in [-0.1, -0.05) is 30.3 Å². The van der Waals surface area contributed by atoms with Crippen molar-refractivity contribution in [3.05, 3.63) is 59.9 Å². The van der Waals surface area contributed by atoms with Crippen LogP contribution in [0.3, 0.4) is 0 Å². The van der Waals surface area contributed by atoms with Crippen LogP contribution in [0, 0.1) is 5.82 Å². The maximum atomic E-state index is 14.1. The molecule has 4 nitrogen and oxygen atoms in total. The number of benzene rings is 2. The minimum Gasteiger partial charge on any atom is -0.393 e. The van der Waals surface area contributed by atoms with Crippen LogP contribution in [0.25, 0.3) is 11.0 Å². The third kappa shape index (κ3) is 2.76. The number of rotatable bonds is 3. The number of para-hydroxylation sites is 2. The molecule has 4 rings (SSSR count). The highest BCUT2D eigenvalue weighted by molar-refractivity contribution is 5.79. The van der Waals surface area contributed by atoms with Crippen LogP contribution >= 0.6 is 0 Å². The molecule has 1 aliphatic heterocycles. The molecule has 1 aromatic heterocycles. The Kier molecular flexibility index (Phi) is 3.94. The summed E-state index contributed by atoms with van der Waals surface area (Å²) in [5.74, 6) is 0.654. The van der Waals surface area contributed by atoms with Crippen molar-refractivity contribution in [1.82, 2.24) is 9.55 Å². The molecular formula is C19H20FN3O. The van der Waals surface area contributed by atoms with Crippen molar-refractivity contribution in [3.8, 4) is 0 Å². The lowest BCUT2D eigenvalue weighted by molar-refractivity contribution is 0.145. The number of aliphatic hydroxyl groups excluding tert-OH is 1. The van der Waals surface area contributed by atoms with Gasteiger partial charge in [0.1, 0.15) is 5.82 Å². The largest absolute Gasteiger partial charge is 0.393 e. The third-order valence-corrected chi connectivity index (χ3v) is 4.67. The van der Waals surface area contributed by atoms with E-state index in [9.17, 15) is 9.50 Å². The predicted molar refractivity (Wildman–Crippen MR) is 92.7 cm³/mol. The van der Waals surface area contributed by atoms with Crippen molar-refractivity contribution in [2.45, 2.75) is 25.5 Å². The summed E-state index contributed by atoms with van der Waals surface area (Å²) in [5, 5.41) is 9.75. The molecule has 0 unspecified atom stereocenters. The first-order valence-electron chi connectivity index (χ1n) is 8.34. The molecule has 2 heterocycles. The van der Waals surface area contributed by atoms with E-state index in [1.165, 1.54) is 6.07 Å². The Bertz CT molecular complexity index is 853. The van der Waals surface area contributed by atoms with Crippen molar-refractivity contribution in [2.75, 3.05) is 18.0 Å². The van der Waals surface area contributed by atoms with E-state index in [0.29, 0.717) is 12.1 Å². The molecule has 0 aliphatic carbocycles. The molecule has 0 amide bonds. The van der Waals surface area contributed by atoms with E-state index < -0.39 is 0 Å². The zero-order valence-corrected chi connectivity index (χ0v) is 13.4. The molecule has 5 heteroatoms. The van der Waals surface area contributed by atoms with Gasteiger partial charge in [0.05, 0.1) is 23.7 Å². The van der Waals surface area contributed by atoms with Gasteiger partial charge < -0.3 is 14.6 Å². The van der Waals surface area contributed by atoms with Crippen molar-refractivity contribution in [2.24, 2.45) is 0 Å². The van der Waals surface area contributed by atoms with E-state index in [-0.39, 0.29) is 11.9 Å². The highest BCUT2D eigenvalue weighted by Crippen LogP contribution is 2.26. The number of nitrogens with zero attached hydrogens (tertiary/aromatic N) is 3. The highest BCUT2D eigenvalue weighted by Gasteiger charge is 2.22. The Morgan fingerprint density at radius 2 is 1.75 bits per heavy atom. The molecule has 0 atom stereocenters. The minimum atomic E-state index is -0.231. The van der Waals surface area contributed by atoms with Gasteiger partial charge in [-0.3, -0.25) is 0 Å². The number of halogens is 1. The first-order valence-corrected chi connectivity index (χ1v) is 8.34. The van der Waals surface area contributed by atoms with E-state index in [1.807, 2.05) is 36.4 Å². The maximum Gasteiger partial charge on any atom is 0.206 e. The van der Waals surface area contributed by atoms with Crippen LogP contribution in [0.5, 0.6) is 0 Å². The van der Waals surface area contributed by atoms with Crippen molar-refractivity contribution in [1.29, 1.82) is 0 Å². The zero-order valence-electron chi connectivity index (χ0n) is 13.4. The molecular weight excluding hydrogens is 305 g/mol. The maximum absolute atomic E-state index is 14.1. The topological polar surface area (TPSA) is 41.3 Å². The minimum absolute atomic E-state index is 0.199. The standard InChI is InChI=1S/C19H20FN3O/c20-16-6-2-1-5-14(16)13-23-18-8-4-3-7-17(18)21-19(23)22-11-9-15(24)10-12-22/h1-8,15,24H,9-13H2. The lowest BCUT2D eigenvalue weighted by Gasteiger charge is -2.31. The number of piperidine rings is 1. The van der Waals surface area contributed by atoms with Crippen LogP contribution in [0.15, 0.2) is 48.5 Å². The summed E-state index contributed by atoms with van der Waals surface area (Å²) in [6.45, 7) is 1.98. The molecule has 0 bridgehead atoms. The number of imidazole rings is 1. The average molecular weight is 325 g/mol. The Labute approximate surface area is 140 Å². The molecule has 1 aliphatic rings. The Hall–Kier alpha value is -2.40. The zero-order chi connectivity index (χ0) is 16.5. The lowest BCUT2D eigenvalue weighted by atomic mass is 10.1. The van der Waals surface area contributed by atoms with Crippen molar-refractivity contribution in [3.63, 3.8) is 0 Å². The van der Waals surface area contributed by atoms with Gasteiger partial charge in [0.2, 0.25) is 5.95 Å². The van der Waals surface area contributed by atoms with E-state index in [2.05, 4.69) is 9.47 Å². The van der Waals surface area contributed by atoms with Gasteiger partial charge in [0, 0.05) is 18.7 Å². The van der Waals surface area contributed by atoms with Crippen LogP contribution in [0.2, 0.25) is 0 Å². The van der Waals surface area contributed by atoms with E-state index in [4.69, 9.17) is 4.98 Å². The van der Waals surface area contributed by atoms with Crippen LogP contribution in [0.1, 0.15) is 18.4 Å². The van der Waals surface area contributed by atoms with Gasteiger partial charge in [-0.15, -0.1) is 0 Å². The van der Waals surface area contributed by atoms with E-state index in [1.54, 1.807) is 6.07 Å². The second-order valence-electron chi connectivity index (χ2n) is 6.30. The van der Waals surface area contributed by atoms with Crippen LogP contribution < -0.4 is 4.90 Å². The monoisotopic (exact) mass is 325 g/mol. The molecule has 1 N–H and O–H groups in total. The van der Waals surface area contributed by atoms with E-state index >= 15 is 0 Å². The fraction of sp³-hybridized carbons (Fsp3) is 0.316. The third-order valence-electron chi connectivity index (χ3n) is 4.67. The van der Waals surface area contributed by atoms with Gasteiger partial charge in [-0.05, 0) is 31.0 Å². The summed E-state index contributed by atoms with van der Waals surface area (Å²) in [7, 11) is 0. The molecule has 124 valence electrons. The van der Waals surface area contributed by atoms with Crippen LogP contribution in [-0.4, -0.2) is 33.9 Å². The highest BCUT2D eigenvalue weighted by atomic mass is 19.1. The molecule has 1 fully saturated rings. The normalized spacial score (nSPS) is 16.0. The molecule has 24 heavy (non-hydrogen) atoms. The molecule has 0 spiro atoms. The van der Waals surface area contributed by atoms with Crippen LogP contribution in [-0.2, 0) is 6.54 Å². The quantitative estimate of drug-likeness (QED) is 0.804. The molecule has 0 radical (unpaired) electrons. The Morgan fingerprint density at radius 1 is 1.04 bits per heavy atom. The average Bonchev–Trinajstić information content (AvgIpc) is 2.96. The SMILES string of the molecule is OC1CCN(c2nc3ccccc3n2Cc2ccccc2F)CC1. The number of aliphatic hydroxyl groups is 1. The van der Waals surface area contributed by atoms with Gasteiger partial charge in [-0.25, -0.2) is 9.37 Å². The number of fused-ring (bicyclic) bond motifs is 1. The molecule has 3 aromatic rings. The summed E-state index contributed by atoms with van der Waals surface area (Å²) in [5.41, 5.74) is 2.57. The van der Waals surface area contributed by atoms with Crippen molar-refractivity contribution >= 4 is 17.0 Å². The summed E-state index contributed by atoms with van der Waals surface area (Å²) >= 11 is 0. The van der Waals surface area contributed by atoms with Crippen molar-refractivity contribution < 1.29 is 9.50 Å². The van der Waals surface area contributed by atoms with Gasteiger partial charge in [-0.2, -0.15) is 0 Å². The van der Waals surface area contributed by atoms with Gasteiger partial charge >= 0.3 is 0 Å². The molecule has 0 saturated carbocycles. The van der Waals surface area contributed by atoms with E-state index in [0.717, 1.165) is 42.9 Å². The summed E-state index contributed by atoms with van der Waals surface area (Å²) < 4.78 is 16.2. The fourth-order valence-corrected chi connectivity index (χ4v) is 3.32. The number of hydrogen-bond acceptors (Lipinski definition) is 3. The van der Waals surface area contributed by atoms with Gasteiger partial charge in [0.15, 0.2) is 0 Å². The predicted octanol–water partition coefficient (Wildman–Crippen LogP) is 3.18. The smallest absolute Gasteiger partial charge is 0.206 e. The Morgan fingerprint density at radius 3 is 2.54 bits per heavy atom. The first kappa shape index (κ1) is 15.1. The molecule has 1 saturated heterocycles. The number of aromatic nitrogens is 2. The van der Waals surface area contributed by atoms with Gasteiger partial charge in [0.25, 0.3) is 0 Å². The van der Waals surface area contributed by atoms with Crippen LogP contribution in [0.4, 0.5) is 10.3 Å². The summed E-state index contributed by atoms with van der Waals surface area (Å²) in [4.78, 5) is 6.96. The lowest BCUT2D eigenvalue weighted by Crippen LogP contribution is -2.37. The summed E-state index contributed by atoms with van der Waals surface area (Å²) in [6.07, 6.45) is 1.25.